The Balaban J connectivity index is 2.30. The van der Waals surface area contributed by atoms with E-state index < -0.39 is 17.2 Å². The van der Waals surface area contributed by atoms with Crippen molar-refractivity contribution in [3.8, 4) is 0 Å². The lowest BCUT2D eigenvalue weighted by atomic mass is 9.78. The summed E-state index contributed by atoms with van der Waals surface area (Å²) in [5.74, 6) is -0.786. The number of allylic oxidation sites excluding steroid dienone is 7. The first-order valence-electron chi connectivity index (χ1n) is 9.91. The third kappa shape index (κ3) is 4.42. The summed E-state index contributed by atoms with van der Waals surface area (Å²) >= 11 is 0. The zero-order valence-corrected chi connectivity index (χ0v) is 17.7. The zero-order chi connectivity index (χ0) is 21.2. The van der Waals surface area contributed by atoms with E-state index >= 15 is 0 Å². The second-order valence-corrected chi connectivity index (χ2v) is 8.55. The van der Waals surface area contributed by atoms with E-state index in [9.17, 15) is 9.59 Å². The number of aryl methyl sites for hydroxylation is 2. The third-order valence-corrected chi connectivity index (χ3v) is 4.98. The Morgan fingerprint density at radius 3 is 2.28 bits per heavy atom. The van der Waals surface area contributed by atoms with Crippen molar-refractivity contribution < 1.29 is 19.1 Å². The standard InChI is InChI=1S/C25H28O4/c1-17-12-13-18(2)20(16-17)25(15-14-21(26)28-25)22(23(27)29-24(3,4)5)19-10-8-6-7-9-11-19/h6-13,16H,14-15H2,1-5H3/t25-/m1/s1. The van der Waals surface area contributed by atoms with Crippen molar-refractivity contribution in [1.29, 1.82) is 0 Å². The summed E-state index contributed by atoms with van der Waals surface area (Å²) < 4.78 is 11.8. The minimum Gasteiger partial charge on any atom is -0.456 e. The van der Waals surface area contributed by atoms with E-state index in [4.69, 9.17) is 9.47 Å². The molecule has 0 amide bonds. The van der Waals surface area contributed by atoms with Gasteiger partial charge in [-0.15, -0.1) is 0 Å². The summed E-state index contributed by atoms with van der Waals surface area (Å²) in [6.45, 7) is 9.46. The average Bonchev–Trinajstić information content (AvgIpc) is 2.83. The molecule has 29 heavy (non-hydrogen) atoms. The van der Waals surface area contributed by atoms with Crippen molar-refractivity contribution >= 4 is 11.9 Å². The van der Waals surface area contributed by atoms with Crippen LogP contribution in [0.25, 0.3) is 0 Å². The van der Waals surface area contributed by atoms with Crippen LogP contribution in [0.1, 0.15) is 50.3 Å². The lowest BCUT2D eigenvalue weighted by molar-refractivity contribution is -0.156. The van der Waals surface area contributed by atoms with Crippen molar-refractivity contribution in [2.24, 2.45) is 0 Å². The number of rotatable bonds is 3. The number of cyclic esters (lactones) is 1. The molecule has 1 aliphatic carbocycles. The highest BCUT2D eigenvalue weighted by Gasteiger charge is 2.50. The van der Waals surface area contributed by atoms with Gasteiger partial charge >= 0.3 is 11.9 Å². The second kappa shape index (κ2) is 7.86. The molecule has 0 bridgehead atoms. The van der Waals surface area contributed by atoms with Crippen molar-refractivity contribution in [2.75, 3.05) is 0 Å². The molecular formula is C25H28O4. The highest BCUT2D eigenvalue weighted by atomic mass is 16.6. The lowest BCUT2D eigenvalue weighted by Gasteiger charge is -2.34. The van der Waals surface area contributed by atoms with Gasteiger partial charge in [-0.25, -0.2) is 4.79 Å². The van der Waals surface area contributed by atoms with Crippen LogP contribution in [0.5, 0.6) is 0 Å². The van der Waals surface area contributed by atoms with E-state index in [1.165, 1.54) is 0 Å². The smallest absolute Gasteiger partial charge is 0.339 e. The van der Waals surface area contributed by atoms with Crippen LogP contribution in [0.4, 0.5) is 0 Å². The predicted molar refractivity (Wildman–Crippen MR) is 113 cm³/mol. The van der Waals surface area contributed by atoms with Crippen molar-refractivity contribution in [3.05, 3.63) is 82.5 Å². The van der Waals surface area contributed by atoms with Crippen LogP contribution >= 0.6 is 0 Å². The van der Waals surface area contributed by atoms with Crippen LogP contribution in [0, 0.1) is 13.8 Å². The molecule has 1 fully saturated rings. The number of esters is 2. The largest absolute Gasteiger partial charge is 0.456 e. The Morgan fingerprint density at radius 1 is 1.07 bits per heavy atom. The fourth-order valence-corrected chi connectivity index (χ4v) is 3.76. The fourth-order valence-electron chi connectivity index (χ4n) is 3.76. The number of hydrogen-bond donors (Lipinski definition) is 0. The van der Waals surface area contributed by atoms with Gasteiger partial charge in [-0.2, -0.15) is 0 Å². The number of ether oxygens (including phenoxy) is 2. The predicted octanol–water partition coefficient (Wildman–Crippen LogP) is 5.16. The van der Waals surface area contributed by atoms with E-state index in [2.05, 4.69) is 0 Å². The number of hydrogen-bond acceptors (Lipinski definition) is 4. The van der Waals surface area contributed by atoms with E-state index in [1.807, 2.05) is 89.3 Å². The van der Waals surface area contributed by atoms with E-state index in [0.29, 0.717) is 17.6 Å². The third-order valence-electron chi connectivity index (χ3n) is 4.98. The van der Waals surface area contributed by atoms with Gasteiger partial charge in [0.1, 0.15) is 5.60 Å². The molecule has 1 atom stereocenters. The maximum atomic E-state index is 13.5. The molecule has 0 aromatic heterocycles. The van der Waals surface area contributed by atoms with E-state index in [1.54, 1.807) is 0 Å². The van der Waals surface area contributed by atoms with Gasteiger partial charge in [-0.1, -0.05) is 60.2 Å². The molecule has 4 nitrogen and oxygen atoms in total. The molecule has 152 valence electrons. The molecule has 1 aromatic rings. The van der Waals surface area contributed by atoms with Crippen molar-refractivity contribution in [3.63, 3.8) is 0 Å². The topological polar surface area (TPSA) is 52.6 Å². The van der Waals surface area contributed by atoms with Gasteiger partial charge in [-0.3, -0.25) is 4.79 Å². The van der Waals surface area contributed by atoms with Gasteiger partial charge in [0.25, 0.3) is 0 Å². The van der Waals surface area contributed by atoms with Gasteiger partial charge in [0, 0.05) is 12.0 Å². The number of carbonyl (C=O) groups is 2. The van der Waals surface area contributed by atoms with Gasteiger partial charge in [0.2, 0.25) is 0 Å². The first-order valence-corrected chi connectivity index (χ1v) is 9.91. The lowest BCUT2D eigenvalue weighted by Crippen LogP contribution is -2.37. The minimum atomic E-state index is -1.18. The Morgan fingerprint density at radius 2 is 1.72 bits per heavy atom. The molecule has 1 heterocycles. The SMILES string of the molecule is Cc1ccc(C)c([C@@]2(C(C(=O)OC(C)(C)C)=C3C=CC=CC=C3)CCC(=O)O2)c1. The second-order valence-electron chi connectivity index (χ2n) is 8.55. The first-order chi connectivity index (χ1) is 13.6. The Bertz CT molecular complexity index is 936. The van der Waals surface area contributed by atoms with Gasteiger partial charge in [0.05, 0.1) is 12.0 Å². The molecule has 3 rings (SSSR count). The summed E-state index contributed by atoms with van der Waals surface area (Å²) in [4.78, 5) is 25.8. The Hall–Kier alpha value is -2.88. The maximum Gasteiger partial charge on any atom is 0.339 e. The quantitative estimate of drug-likeness (QED) is 0.527. The van der Waals surface area contributed by atoms with Crippen LogP contribution in [0.15, 0.2) is 65.8 Å². The van der Waals surface area contributed by atoms with Crippen LogP contribution in [0.3, 0.4) is 0 Å². The molecule has 1 aliphatic heterocycles. The molecule has 0 unspecified atom stereocenters. The minimum absolute atomic E-state index is 0.249. The molecule has 0 N–H and O–H groups in total. The average molecular weight is 392 g/mol. The molecule has 0 spiro atoms. The monoisotopic (exact) mass is 392 g/mol. The number of carbonyl (C=O) groups excluding carboxylic acids is 2. The molecule has 1 saturated heterocycles. The van der Waals surface area contributed by atoms with E-state index in [0.717, 1.165) is 16.7 Å². The van der Waals surface area contributed by atoms with Gasteiger partial charge in [0.15, 0.2) is 5.60 Å². The summed E-state index contributed by atoms with van der Waals surface area (Å²) in [5.41, 5.74) is 2.02. The molecule has 0 radical (unpaired) electrons. The summed E-state index contributed by atoms with van der Waals surface area (Å²) in [7, 11) is 0. The molecular weight excluding hydrogens is 364 g/mol. The van der Waals surface area contributed by atoms with Crippen molar-refractivity contribution in [1.82, 2.24) is 0 Å². The Kier molecular flexibility index (Phi) is 5.65. The highest BCUT2D eigenvalue weighted by Crippen LogP contribution is 2.47. The van der Waals surface area contributed by atoms with Crippen LogP contribution in [-0.4, -0.2) is 17.5 Å². The van der Waals surface area contributed by atoms with Crippen LogP contribution in [0.2, 0.25) is 0 Å². The maximum absolute atomic E-state index is 13.5. The summed E-state index contributed by atoms with van der Waals surface area (Å²) in [5, 5.41) is 0. The van der Waals surface area contributed by atoms with Crippen LogP contribution < -0.4 is 0 Å². The zero-order valence-electron chi connectivity index (χ0n) is 17.7. The molecule has 0 saturated carbocycles. The van der Waals surface area contributed by atoms with Gasteiger partial charge < -0.3 is 9.47 Å². The van der Waals surface area contributed by atoms with E-state index in [-0.39, 0.29) is 12.4 Å². The first kappa shape index (κ1) is 20.8. The molecule has 2 aliphatic rings. The Labute approximate surface area is 172 Å². The molecule has 4 heteroatoms. The van der Waals surface area contributed by atoms with Crippen molar-refractivity contribution in [2.45, 2.75) is 58.7 Å². The van der Waals surface area contributed by atoms with Gasteiger partial charge in [-0.05, 0) is 45.8 Å². The highest BCUT2D eigenvalue weighted by molar-refractivity contribution is 5.95. The fraction of sp³-hybridized carbons (Fsp3) is 0.360. The number of benzene rings is 1. The normalized spacial score (nSPS) is 21.1. The summed E-state index contributed by atoms with van der Waals surface area (Å²) in [6, 6.07) is 6.01. The van der Waals surface area contributed by atoms with Crippen LogP contribution in [-0.2, 0) is 24.7 Å². The molecule has 1 aromatic carbocycles. The summed E-state index contributed by atoms with van der Waals surface area (Å²) in [6.07, 6.45) is 11.9.